The Morgan fingerprint density at radius 2 is 2.16 bits per heavy atom. The summed E-state index contributed by atoms with van der Waals surface area (Å²) in [5, 5.41) is 27.6. The number of aromatic hydroxyl groups is 2. The lowest BCUT2D eigenvalue weighted by atomic mass is 10.2. The van der Waals surface area contributed by atoms with Gasteiger partial charge in [0.05, 0.1) is 0 Å². The Morgan fingerprint density at radius 3 is 2.84 bits per heavy atom. The van der Waals surface area contributed by atoms with Crippen molar-refractivity contribution in [3.8, 4) is 11.5 Å². The summed E-state index contributed by atoms with van der Waals surface area (Å²) < 4.78 is 0. The SMILES string of the molecule is O=C(NCCCc1ncn[nH]1)c1ccc(O)c(O)c1. The number of hydrogen-bond donors (Lipinski definition) is 4. The Kier molecular flexibility index (Phi) is 3.97. The molecule has 0 aliphatic carbocycles. The third-order valence-corrected chi connectivity index (χ3v) is 2.58. The largest absolute Gasteiger partial charge is 0.504 e. The van der Waals surface area contributed by atoms with Crippen molar-refractivity contribution in [2.24, 2.45) is 0 Å². The zero-order valence-electron chi connectivity index (χ0n) is 10.1. The van der Waals surface area contributed by atoms with Crippen molar-refractivity contribution in [3.63, 3.8) is 0 Å². The van der Waals surface area contributed by atoms with Gasteiger partial charge in [0.15, 0.2) is 11.5 Å². The molecule has 0 saturated carbocycles. The Bertz CT molecular complexity index is 554. The molecular weight excluding hydrogens is 248 g/mol. The van der Waals surface area contributed by atoms with Crippen LogP contribution in [0.25, 0.3) is 0 Å². The van der Waals surface area contributed by atoms with E-state index >= 15 is 0 Å². The van der Waals surface area contributed by atoms with Crippen LogP contribution in [0.5, 0.6) is 11.5 Å². The lowest BCUT2D eigenvalue weighted by molar-refractivity contribution is 0.0952. The van der Waals surface area contributed by atoms with E-state index in [-0.39, 0.29) is 17.4 Å². The van der Waals surface area contributed by atoms with Gasteiger partial charge in [0.25, 0.3) is 5.91 Å². The maximum atomic E-state index is 11.7. The molecule has 2 rings (SSSR count). The first-order chi connectivity index (χ1) is 9.16. The second-order valence-electron chi connectivity index (χ2n) is 4.00. The van der Waals surface area contributed by atoms with Gasteiger partial charge in [-0.1, -0.05) is 0 Å². The van der Waals surface area contributed by atoms with Gasteiger partial charge in [-0.05, 0) is 24.6 Å². The van der Waals surface area contributed by atoms with Crippen LogP contribution in [0.15, 0.2) is 24.5 Å². The van der Waals surface area contributed by atoms with E-state index < -0.39 is 0 Å². The number of nitrogens with one attached hydrogen (secondary N) is 2. The minimum atomic E-state index is -0.311. The predicted molar refractivity (Wildman–Crippen MR) is 66.8 cm³/mol. The van der Waals surface area contributed by atoms with Crippen molar-refractivity contribution in [2.75, 3.05) is 6.54 Å². The highest BCUT2D eigenvalue weighted by atomic mass is 16.3. The monoisotopic (exact) mass is 262 g/mol. The molecule has 19 heavy (non-hydrogen) atoms. The summed E-state index contributed by atoms with van der Waals surface area (Å²) >= 11 is 0. The molecule has 1 aromatic heterocycles. The van der Waals surface area contributed by atoms with Crippen LogP contribution in [0.4, 0.5) is 0 Å². The first kappa shape index (κ1) is 12.9. The summed E-state index contributed by atoms with van der Waals surface area (Å²) in [6, 6.07) is 3.95. The van der Waals surface area contributed by atoms with Gasteiger partial charge in [0.1, 0.15) is 12.2 Å². The van der Waals surface area contributed by atoms with Crippen LogP contribution in [-0.4, -0.2) is 37.8 Å². The van der Waals surface area contributed by atoms with Crippen molar-refractivity contribution >= 4 is 5.91 Å². The van der Waals surface area contributed by atoms with Crippen molar-refractivity contribution in [2.45, 2.75) is 12.8 Å². The summed E-state index contributed by atoms with van der Waals surface area (Å²) in [6.07, 6.45) is 2.86. The number of phenolic OH excluding ortho intramolecular Hbond substituents is 2. The molecule has 0 aliphatic heterocycles. The first-order valence-electron chi connectivity index (χ1n) is 5.81. The second-order valence-corrected chi connectivity index (χ2v) is 4.00. The second kappa shape index (κ2) is 5.85. The molecule has 0 unspecified atom stereocenters. The molecule has 4 N–H and O–H groups in total. The Morgan fingerprint density at radius 1 is 1.32 bits per heavy atom. The number of H-pyrrole nitrogens is 1. The van der Waals surface area contributed by atoms with E-state index in [0.29, 0.717) is 18.5 Å². The van der Waals surface area contributed by atoms with Gasteiger partial charge in [0, 0.05) is 18.5 Å². The molecule has 0 saturated heterocycles. The number of carbonyl (C=O) groups excluding carboxylic acids is 1. The number of rotatable bonds is 5. The number of nitrogens with zero attached hydrogens (tertiary/aromatic N) is 2. The third-order valence-electron chi connectivity index (χ3n) is 2.58. The van der Waals surface area contributed by atoms with Crippen LogP contribution in [0.1, 0.15) is 22.6 Å². The third kappa shape index (κ3) is 3.44. The van der Waals surface area contributed by atoms with Crippen molar-refractivity contribution in [3.05, 3.63) is 35.9 Å². The van der Waals surface area contributed by atoms with Gasteiger partial charge in [0.2, 0.25) is 0 Å². The number of aromatic amines is 1. The molecule has 1 amide bonds. The molecule has 2 aromatic rings. The molecule has 0 atom stereocenters. The molecule has 1 aromatic carbocycles. The number of aromatic nitrogens is 3. The molecular formula is C12H14N4O3. The van der Waals surface area contributed by atoms with E-state index in [0.717, 1.165) is 12.2 Å². The minimum absolute atomic E-state index is 0.248. The normalized spacial score (nSPS) is 10.3. The molecule has 100 valence electrons. The van der Waals surface area contributed by atoms with Gasteiger partial charge in [-0.3, -0.25) is 9.89 Å². The van der Waals surface area contributed by atoms with E-state index in [2.05, 4.69) is 20.5 Å². The maximum Gasteiger partial charge on any atom is 0.251 e. The Balaban J connectivity index is 1.79. The van der Waals surface area contributed by atoms with Crippen LogP contribution in [0.3, 0.4) is 0 Å². The maximum absolute atomic E-state index is 11.7. The number of phenols is 2. The molecule has 0 spiro atoms. The van der Waals surface area contributed by atoms with E-state index in [4.69, 9.17) is 5.11 Å². The molecule has 7 nitrogen and oxygen atoms in total. The average Bonchev–Trinajstić information content (AvgIpc) is 2.91. The predicted octanol–water partition coefficient (Wildman–Crippen LogP) is 0.578. The van der Waals surface area contributed by atoms with Crippen molar-refractivity contribution in [1.29, 1.82) is 0 Å². The van der Waals surface area contributed by atoms with E-state index in [1.54, 1.807) is 0 Å². The van der Waals surface area contributed by atoms with Gasteiger partial charge in [-0.25, -0.2) is 4.98 Å². The zero-order valence-corrected chi connectivity index (χ0v) is 10.1. The quantitative estimate of drug-likeness (QED) is 0.465. The molecule has 0 aliphatic rings. The van der Waals surface area contributed by atoms with E-state index in [1.807, 2.05) is 0 Å². The van der Waals surface area contributed by atoms with Crippen molar-refractivity contribution < 1.29 is 15.0 Å². The summed E-state index contributed by atoms with van der Waals surface area (Å²) in [4.78, 5) is 15.7. The zero-order chi connectivity index (χ0) is 13.7. The smallest absolute Gasteiger partial charge is 0.251 e. The number of benzene rings is 1. The molecule has 7 heteroatoms. The summed E-state index contributed by atoms with van der Waals surface area (Å²) in [6.45, 7) is 0.487. The fourth-order valence-corrected chi connectivity index (χ4v) is 1.58. The average molecular weight is 262 g/mol. The van der Waals surface area contributed by atoms with Crippen molar-refractivity contribution in [1.82, 2.24) is 20.5 Å². The number of aryl methyl sites for hydroxylation is 1. The van der Waals surface area contributed by atoms with Crippen LogP contribution in [-0.2, 0) is 6.42 Å². The van der Waals surface area contributed by atoms with Crippen LogP contribution >= 0.6 is 0 Å². The Labute approximate surface area is 109 Å². The van der Waals surface area contributed by atoms with E-state index in [9.17, 15) is 9.90 Å². The molecule has 0 fully saturated rings. The highest BCUT2D eigenvalue weighted by Crippen LogP contribution is 2.24. The van der Waals surface area contributed by atoms with E-state index in [1.165, 1.54) is 24.5 Å². The fourth-order valence-electron chi connectivity index (χ4n) is 1.58. The minimum Gasteiger partial charge on any atom is -0.504 e. The summed E-state index contributed by atoms with van der Waals surface area (Å²) in [5.74, 6) is -0.0828. The number of carbonyl (C=O) groups is 1. The highest BCUT2D eigenvalue weighted by molar-refractivity contribution is 5.94. The summed E-state index contributed by atoms with van der Waals surface area (Å²) in [5.41, 5.74) is 0.301. The number of hydrogen-bond acceptors (Lipinski definition) is 5. The first-order valence-corrected chi connectivity index (χ1v) is 5.81. The lowest BCUT2D eigenvalue weighted by Crippen LogP contribution is -2.24. The van der Waals surface area contributed by atoms with Crippen LogP contribution in [0, 0.1) is 0 Å². The Hall–Kier alpha value is -2.57. The van der Waals surface area contributed by atoms with Crippen LogP contribution in [0.2, 0.25) is 0 Å². The van der Waals surface area contributed by atoms with Crippen LogP contribution < -0.4 is 5.32 Å². The lowest BCUT2D eigenvalue weighted by Gasteiger charge is -2.05. The summed E-state index contributed by atoms with van der Waals surface area (Å²) in [7, 11) is 0. The molecule has 1 heterocycles. The highest BCUT2D eigenvalue weighted by Gasteiger charge is 2.08. The van der Waals surface area contributed by atoms with Gasteiger partial charge in [-0.2, -0.15) is 5.10 Å². The van der Waals surface area contributed by atoms with Gasteiger partial charge >= 0.3 is 0 Å². The molecule has 0 bridgehead atoms. The van der Waals surface area contributed by atoms with Gasteiger partial charge < -0.3 is 15.5 Å². The van der Waals surface area contributed by atoms with Gasteiger partial charge in [-0.15, -0.1) is 0 Å². The topological polar surface area (TPSA) is 111 Å². The molecule has 0 radical (unpaired) electrons. The number of amides is 1. The standard InChI is InChI=1S/C12H14N4O3/c17-9-4-3-8(6-10(9)18)12(19)13-5-1-2-11-14-7-15-16-11/h3-4,6-7,17-18H,1-2,5H2,(H,13,19)(H,14,15,16). The fraction of sp³-hybridized carbons (Fsp3) is 0.250.